The van der Waals surface area contributed by atoms with Crippen molar-refractivity contribution in [3.8, 4) is 28.7 Å². The topological polar surface area (TPSA) is 95.7 Å². The van der Waals surface area contributed by atoms with Crippen molar-refractivity contribution in [3.63, 3.8) is 0 Å². The van der Waals surface area contributed by atoms with Gasteiger partial charge >= 0.3 is 5.97 Å². The first-order valence-corrected chi connectivity index (χ1v) is 14.5. The Kier molecular flexibility index (Phi) is 8.28. The summed E-state index contributed by atoms with van der Waals surface area (Å²) in [6.07, 6.45) is 4.91. The minimum absolute atomic E-state index is 0.173. The summed E-state index contributed by atoms with van der Waals surface area (Å²) in [7, 11) is 0. The highest BCUT2D eigenvalue weighted by Crippen LogP contribution is 2.43. The van der Waals surface area contributed by atoms with Crippen LogP contribution in [0.15, 0.2) is 73.1 Å². The molecule has 1 saturated heterocycles. The molecule has 9 heteroatoms. The number of ether oxygens (including phenoxy) is 2. The number of likely N-dealkylation sites (tertiary alicyclic amines) is 1. The van der Waals surface area contributed by atoms with Crippen LogP contribution in [0, 0.1) is 23.1 Å². The maximum Gasteiger partial charge on any atom is 0.307 e. The first-order chi connectivity index (χ1) is 20.9. The standard InChI is InChI=1S/C34H29ClFN3O4/c35-29-13-24(19-39-11-10-23(18-39)34(40)41)32(42-20-22-12-21(15-37)16-38-17-22)14-33(29)43-31-9-8-26-25(5-3-6-28(26)31)27-4-1-2-7-30(27)36/h1-7,12-14,16-17,23,31H,8-11,18-20H2,(H,40,41)/t23-,31-/m0/s1. The summed E-state index contributed by atoms with van der Waals surface area (Å²) < 4.78 is 27.4. The van der Waals surface area contributed by atoms with E-state index in [-0.39, 0.29) is 18.5 Å². The van der Waals surface area contributed by atoms with Crippen LogP contribution in [0.2, 0.25) is 5.02 Å². The van der Waals surface area contributed by atoms with Gasteiger partial charge in [-0.05, 0) is 60.7 Å². The van der Waals surface area contributed by atoms with Gasteiger partial charge in [0.2, 0.25) is 0 Å². The molecule has 1 aliphatic heterocycles. The van der Waals surface area contributed by atoms with Crippen molar-refractivity contribution < 1.29 is 23.8 Å². The summed E-state index contributed by atoms with van der Waals surface area (Å²) in [5.74, 6) is -0.439. The van der Waals surface area contributed by atoms with Crippen LogP contribution in [0.3, 0.4) is 0 Å². The number of benzene rings is 3. The fourth-order valence-corrected chi connectivity index (χ4v) is 6.19. The average Bonchev–Trinajstić information content (AvgIpc) is 3.66. The Morgan fingerprint density at radius 1 is 1.09 bits per heavy atom. The predicted molar refractivity (Wildman–Crippen MR) is 159 cm³/mol. The van der Waals surface area contributed by atoms with Gasteiger partial charge in [0, 0.05) is 48.2 Å². The van der Waals surface area contributed by atoms with E-state index in [1.165, 1.54) is 12.3 Å². The molecule has 43 heavy (non-hydrogen) atoms. The molecule has 6 rings (SSSR count). The molecule has 0 saturated carbocycles. The molecule has 0 unspecified atom stereocenters. The lowest BCUT2D eigenvalue weighted by Crippen LogP contribution is -2.23. The third-order valence-corrected chi connectivity index (χ3v) is 8.39. The van der Waals surface area contributed by atoms with Gasteiger partial charge in [0.25, 0.3) is 0 Å². The van der Waals surface area contributed by atoms with Gasteiger partial charge < -0.3 is 14.6 Å². The van der Waals surface area contributed by atoms with Crippen LogP contribution in [0.25, 0.3) is 11.1 Å². The van der Waals surface area contributed by atoms with Crippen molar-refractivity contribution in [1.29, 1.82) is 5.26 Å². The summed E-state index contributed by atoms with van der Waals surface area (Å²) >= 11 is 6.79. The molecule has 1 N–H and O–H groups in total. The molecule has 218 valence electrons. The van der Waals surface area contributed by atoms with Crippen LogP contribution in [0.5, 0.6) is 11.5 Å². The largest absolute Gasteiger partial charge is 0.488 e. The Balaban J connectivity index is 1.28. The fourth-order valence-electron chi connectivity index (χ4n) is 5.96. The summed E-state index contributed by atoms with van der Waals surface area (Å²) in [5.41, 5.74) is 5.48. The van der Waals surface area contributed by atoms with E-state index in [9.17, 15) is 19.6 Å². The summed E-state index contributed by atoms with van der Waals surface area (Å²) in [5, 5.41) is 19.1. The lowest BCUT2D eigenvalue weighted by atomic mass is 9.96. The highest BCUT2D eigenvalue weighted by atomic mass is 35.5. The first kappa shape index (κ1) is 28.7. The zero-order valence-electron chi connectivity index (χ0n) is 23.3. The van der Waals surface area contributed by atoms with E-state index >= 15 is 0 Å². The molecule has 3 aromatic carbocycles. The van der Waals surface area contributed by atoms with Crippen LogP contribution in [-0.2, 0) is 24.4 Å². The molecule has 0 bridgehead atoms. The van der Waals surface area contributed by atoms with E-state index in [1.807, 2.05) is 30.3 Å². The van der Waals surface area contributed by atoms with Crippen LogP contribution >= 0.6 is 11.6 Å². The van der Waals surface area contributed by atoms with E-state index in [2.05, 4.69) is 16.0 Å². The third kappa shape index (κ3) is 6.19. The molecule has 2 atom stereocenters. The number of nitrogens with zero attached hydrogens (tertiary/aromatic N) is 3. The smallest absolute Gasteiger partial charge is 0.307 e. The molecular formula is C34H29ClFN3O4. The van der Waals surface area contributed by atoms with Gasteiger partial charge in [0.05, 0.1) is 16.5 Å². The van der Waals surface area contributed by atoms with Gasteiger partial charge in [0.15, 0.2) is 0 Å². The number of aromatic nitrogens is 1. The third-order valence-electron chi connectivity index (χ3n) is 8.10. The highest BCUT2D eigenvalue weighted by Gasteiger charge is 2.30. The SMILES string of the molecule is N#Cc1cncc(COc2cc(O[C@H]3CCc4c(-c5ccccc5F)cccc43)c(Cl)cc2CN2CC[C@H](C(=O)O)C2)c1. The maximum atomic E-state index is 14.7. The summed E-state index contributed by atoms with van der Waals surface area (Å²) in [6.45, 7) is 1.74. The van der Waals surface area contributed by atoms with Crippen molar-refractivity contribution in [2.45, 2.75) is 38.5 Å². The van der Waals surface area contributed by atoms with Crippen molar-refractivity contribution in [3.05, 3.63) is 112 Å². The molecule has 2 aliphatic rings. The number of nitriles is 1. The molecule has 0 spiro atoms. The van der Waals surface area contributed by atoms with E-state index in [0.717, 1.165) is 34.2 Å². The van der Waals surface area contributed by atoms with Crippen LogP contribution in [0.4, 0.5) is 4.39 Å². The molecule has 4 aromatic rings. The molecule has 7 nitrogen and oxygen atoms in total. The fraction of sp³-hybridized carbons (Fsp3) is 0.265. The normalized spacial score (nSPS) is 17.8. The first-order valence-electron chi connectivity index (χ1n) is 14.2. The molecular weight excluding hydrogens is 569 g/mol. The van der Waals surface area contributed by atoms with Gasteiger partial charge in [-0.1, -0.05) is 48.0 Å². The minimum atomic E-state index is -0.791. The van der Waals surface area contributed by atoms with Gasteiger partial charge in [-0.25, -0.2) is 4.39 Å². The van der Waals surface area contributed by atoms with Gasteiger partial charge in [-0.3, -0.25) is 14.7 Å². The monoisotopic (exact) mass is 597 g/mol. The number of rotatable bonds is 9. The number of fused-ring (bicyclic) bond motifs is 1. The summed E-state index contributed by atoms with van der Waals surface area (Å²) in [4.78, 5) is 17.7. The number of carbonyl (C=O) groups is 1. The number of hydrogen-bond acceptors (Lipinski definition) is 6. The zero-order chi connectivity index (χ0) is 29.9. The molecule has 2 heterocycles. The van der Waals surface area contributed by atoms with E-state index in [0.29, 0.717) is 60.1 Å². The van der Waals surface area contributed by atoms with E-state index in [4.69, 9.17) is 21.1 Å². The van der Waals surface area contributed by atoms with Crippen molar-refractivity contribution in [1.82, 2.24) is 9.88 Å². The second kappa shape index (κ2) is 12.4. The number of halogens is 2. The number of carboxylic acid groups (broad SMARTS) is 1. The van der Waals surface area contributed by atoms with Gasteiger partial charge in [-0.2, -0.15) is 5.26 Å². The second-order valence-corrected chi connectivity index (χ2v) is 11.3. The quantitative estimate of drug-likeness (QED) is 0.223. The summed E-state index contributed by atoms with van der Waals surface area (Å²) in [6, 6.07) is 20.1. The lowest BCUT2D eigenvalue weighted by Gasteiger charge is -2.22. The van der Waals surface area contributed by atoms with Crippen molar-refractivity contribution >= 4 is 17.6 Å². The van der Waals surface area contributed by atoms with Crippen LogP contribution in [0.1, 0.15) is 46.8 Å². The Labute approximate surface area is 254 Å². The van der Waals surface area contributed by atoms with Crippen molar-refractivity contribution in [2.75, 3.05) is 13.1 Å². The predicted octanol–water partition coefficient (Wildman–Crippen LogP) is 6.96. The maximum absolute atomic E-state index is 14.7. The number of carboxylic acids is 1. The second-order valence-electron chi connectivity index (χ2n) is 10.9. The molecule has 0 amide bonds. The zero-order valence-corrected chi connectivity index (χ0v) is 24.1. The number of hydrogen-bond donors (Lipinski definition) is 1. The Morgan fingerprint density at radius 2 is 1.93 bits per heavy atom. The molecule has 1 aliphatic carbocycles. The molecule has 1 fully saturated rings. The van der Waals surface area contributed by atoms with E-state index < -0.39 is 11.9 Å². The Hall–Kier alpha value is -4.45. The number of pyridine rings is 1. The Morgan fingerprint density at radius 3 is 2.72 bits per heavy atom. The minimum Gasteiger partial charge on any atom is -0.488 e. The van der Waals surface area contributed by atoms with E-state index in [1.54, 1.807) is 30.5 Å². The average molecular weight is 598 g/mol. The molecule has 1 aromatic heterocycles. The molecule has 0 radical (unpaired) electrons. The number of aliphatic carboxylic acids is 1. The van der Waals surface area contributed by atoms with Gasteiger partial charge in [0.1, 0.15) is 36.1 Å². The van der Waals surface area contributed by atoms with Gasteiger partial charge in [-0.15, -0.1) is 0 Å². The highest BCUT2D eigenvalue weighted by molar-refractivity contribution is 6.32. The van der Waals surface area contributed by atoms with Crippen LogP contribution in [-0.4, -0.2) is 34.0 Å². The van der Waals surface area contributed by atoms with Crippen LogP contribution < -0.4 is 9.47 Å². The Bertz CT molecular complexity index is 1720. The van der Waals surface area contributed by atoms with Crippen molar-refractivity contribution in [2.24, 2.45) is 5.92 Å². The lowest BCUT2D eigenvalue weighted by molar-refractivity contribution is -0.141.